The monoisotopic (exact) mass is 354 g/mol. The fourth-order valence-corrected chi connectivity index (χ4v) is 2.57. The van der Waals surface area contributed by atoms with E-state index < -0.39 is 0 Å². The van der Waals surface area contributed by atoms with Crippen molar-refractivity contribution in [2.24, 2.45) is 0 Å². The van der Waals surface area contributed by atoms with Gasteiger partial charge < -0.3 is 20.1 Å². The van der Waals surface area contributed by atoms with E-state index in [1.54, 1.807) is 42.5 Å². The van der Waals surface area contributed by atoms with Gasteiger partial charge in [0.2, 0.25) is 0 Å². The lowest BCUT2D eigenvalue weighted by Gasteiger charge is -2.19. The summed E-state index contributed by atoms with van der Waals surface area (Å²) in [6.07, 6.45) is 0.831. The minimum absolute atomic E-state index is 0.0593. The number of benzene rings is 2. The van der Waals surface area contributed by atoms with Crippen LogP contribution in [0.3, 0.4) is 0 Å². The van der Waals surface area contributed by atoms with Crippen LogP contribution in [0.25, 0.3) is 0 Å². The van der Waals surface area contributed by atoms with E-state index in [4.69, 9.17) is 9.47 Å². The van der Waals surface area contributed by atoms with Gasteiger partial charge in [0.25, 0.3) is 11.8 Å². The smallest absolute Gasteiger partial charge is 0.255 e. The molecule has 0 fully saturated rings. The predicted molar refractivity (Wildman–Crippen MR) is 99.0 cm³/mol. The minimum Gasteiger partial charge on any atom is -0.486 e. The molecular formula is C20H22N2O4. The van der Waals surface area contributed by atoms with Crippen molar-refractivity contribution in [3.05, 3.63) is 53.6 Å². The summed E-state index contributed by atoms with van der Waals surface area (Å²) < 4.78 is 11.0. The average molecular weight is 354 g/mol. The van der Waals surface area contributed by atoms with Crippen molar-refractivity contribution < 1.29 is 19.1 Å². The van der Waals surface area contributed by atoms with Crippen LogP contribution < -0.4 is 20.1 Å². The topological polar surface area (TPSA) is 76.7 Å². The highest BCUT2D eigenvalue weighted by molar-refractivity contribution is 6.09. The number of carbonyl (C=O) groups is 2. The molecule has 1 aliphatic heterocycles. The van der Waals surface area contributed by atoms with Gasteiger partial charge in [-0.3, -0.25) is 9.59 Å². The van der Waals surface area contributed by atoms with Crippen molar-refractivity contribution in [1.82, 2.24) is 5.32 Å². The molecule has 0 saturated carbocycles. The number of hydrogen-bond donors (Lipinski definition) is 2. The molecule has 3 rings (SSSR count). The molecule has 0 aromatic heterocycles. The fourth-order valence-electron chi connectivity index (χ4n) is 2.57. The predicted octanol–water partition coefficient (Wildman–Crippen LogP) is 3.24. The first-order valence-electron chi connectivity index (χ1n) is 8.69. The van der Waals surface area contributed by atoms with E-state index >= 15 is 0 Å². The summed E-state index contributed by atoms with van der Waals surface area (Å²) >= 11 is 0. The van der Waals surface area contributed by atoms with Crippen LogP contribution in [0.2, 0.25) is 0 Å². The molecule has 2 N–H and O–H groups in total. The lowest BCUT2D eigenvalue weighted by molar-refractivity contribution is 0.0940. The van der Waals surface area contributed by atoms with Crippen molar-refractivity contribution in [2.45, 2.75) is 26.3 Å². The Bertz CT molecular complexity index is 819. The van der Waals surface area contributed by atoms with Crippen LogP contribution in [-0.2, 0) is 0 Å². The zero-order valence-corrected chi connectivity index (χ0v) is 14.9. The molecular weight excluding hydrogens is 332 g/mol. The first kappa shape index (κ1) is 17.8. The van der Waals surface area contributed by atoms with Crippen molar-refractivity contribution >= 4 is 17.5 Å². The SMILES string of the molecule is CC[C@H](C)NC(=O)c1ccccc1NC(=O)c1ccc2c(c1)OCCO2. The maximum absolute atomic E-state index is 12.6. The molecule has 136 valence electrons. The highest BCUT2D eigenvalue weighted by atomic mass is 16.6. The summed E-state index contributed by atoms with van der Waals surface area (Å²) in [6.45, 7) is 4.89. The second-order valence-electron chi connectivity index (χ2n) is 6.14. The van der Waals surface area contributed by atoms with E-state index in [0.29, 0.717) is 41.5 Å². The van der Waals surface area contributed by atoms with Gasteiger partial charge in [-0.15, -0.1) is 0 Å². The Morgan fingerprint density at radius 2 is 1.77 bits per heavy atom. The first-order valence-corrected chi connectivity index (χ1v) is 8.69. The normalized spacial score (nSPS) is 13.6. The molecule has 0 bridgehead atoms. The number of carbonyl (C=O) groups excluding carboxylic acids is 2. The van der Waals surface area contributed by atoms with Crippen LogP contribution in [0.1, 0.15) is 41.0 Å². The first-order chi connectivity index (χ1) is 12.6. The number of anilines is 1. The zero-order chi connectivity index (χ0) is 18.5. The number of hydrogen-bond acceptors (Lipinski definition) is 4. The third kappa shape index (κ3) is 3.96. The highest BCUT2D eigenvalue weighted by Gasteiger charge is 2.18. The van der Waals surface area contributed by atoms with Crippen LogP contribution in [0.5, 0.6) is 11.5 Å². The van der Waals surface area contributed by atoms with Crippen molar-refractivity contribution in [1.29, 1.82) is 0 Å². The number of ether oxygens (including phenoxy) is 2. The van der Waals surface area contributed by atoms with E-state index in [0.717, 1.165) is 6.42 Å². The second kappa shape index (κ2) is 7.91. The zero-order valence-electron chi connectivity index (χ0n) is 14.9. The van der Waals surface area contributed by atoms with Gasteiger partial charge in [-0.2, -0.15) is 0 Å². The molecule has 6 nitrogen and oxygen atoms in total. The number of rotatable bonds is 5. The van der Waals surface area contributed by atoms with Gasteiger partial charge in [0, 0.05) is 11.6 Å². The van der Waals surface area contributed by atoms with Crippen LogP contribution in [0, 0.1) is 0 Å². The van der Waals surface area contributed by atoms with E-state index in [1.165, 1.54) is 0 Å². The van der Waals surface area contributed by atoms with Crippen molar-refractivity contribution in [2.75, 3.05) is 18.5 Å². The van der Waals surface area contributed by atoms with E-state index in [-0.39, 0.29) is 17.9 Å². The molecule has 6 heteroatoms. The summed E-state index contributed by atoms with van der Waals surface area (Å²) in [4.78, 5) is 25.1. The molecule has 2 amide bonds. The Morgan fingerprint density at radius 3 is 2.54 bits per heavy atom. The highest BCUT2D eigenvalue weighted by Crippen LogP contribution is 2.31. The third-order valence-corrected chi connectivity index (χ3v) is 4.21. The molecule has 0 radical (unpaired) electrons. The molecule has 1 heterocycles. The lowest BCUT2D eigenvalue weighted by Crippen LogP contribution is -2.32. The Hall–Kier alpha value is -3.02. The van der Waals surface area contributed by atoms with E-state index in [2.05, 4.69) is 10.6 Å². The Balaban J connectivity index is 1.78. The number of amides is 2. The van der Waals surface area contributed by atoms with E-state index in [9.17, 15) is 9.59 Å². The number of para-hydroxylation sites is 1. The van der Waals surface area contributed by atoms with Gasteiger partial charge >= 0.3 is 0 Å². The van der Waals surface area contributed by atoms with Gasteiger partial charge in [-0.1, -0.05) is 19.1 Å². The molecule has 26 heavy (non-hydrogen) atoms. The third-order valence-electron chi connectivity index (χ3n) is 4.21. The maximum Gasteiger partial charge on any atom is 0.255 e. The second-order valence-corrected chi connectivity index (χ2v) is 6.14. The van der Waals surface area contributed by atoms with Crippen LogP contribution in [-0.4, -0.2) is 31.1 Å². The van der Waals surface area contributed by atoms with Gasteiger partial charge in [0.15, 0.2) is 11.5 Å². The Kier molecular flexibility index (Phi) is 5.41. The molecule has 1 atom stereocenters. The molecule has 0 unspecified atom stereocenters. The molecule has 0 saturated heterocycles. The lowest BCUT2D eigenvalue weighted by atomic mass is 10.1. The largest absolute Gasteiger partial charge is 0.486 e. The van der Waals surface area contributed by atoms with E-state index in [1.807, 2.05) is 13.8 Å². The van der Waals surface area contributed by atoms with Crippen LogP contribution in [0.15, 0.2) is 42.5 Å². The van der Waals surface area contributed by atoms with Gasteiger partial charge in [0.1, 0.15) is 13.2 Å². The van der Waals surface area contributed by atoms with Gasteiger partial charge in [-0.25, -0.2) is 0 Å². The van der Waals surface area contributed by atoms with Crippen LogP contribution in [0.4, 0.5) is 5.69 Å². The standard InChI is InChI=1S/C20H22N2O4/c1-3-13(2)21-20(24)15-6-4-5-7-16(15)22-19(23)14-8-9-17-18(12-14)26-11-10-25-17/h4-9,12-13H,3,10-11H2,1-2H3,(H,21,24)(H,22,23)/t13-/m0/s1. The molecule has 2 aromatic carbocycles. The summed E-state index contributed by atoms with van der Waals surface area (Å²) in [7, 11) is 0. The summed E-state index contributed by atoms with van der Waals surface area (Å²) in [6, 6.07) is 12.0. The maximum atomic E-state index is 12.6. The molecule has 0 spiro atoms. The van der Waals surface area contributed by atoms with Crippen molar-refractivity contribution in [3.63, 3.8) is 0 Å². The summed E-state index contributed by atoms with van der Waals surface area (Å²) in [5.41, 5.74) is 1.33. The van der Waals surface area contributed by atoms with Crippen molar-refractivity contribution in [3.8, 4) is 11.5 Å². The average Bonchev–Trinajstić information content (AvgIpc) is 2.67. The fraction of sp³-hybridized carbons (Fsp3) is 0.300. The minimum atomic E-state index is -0.314. The molecule has 1 aliphatic rings. The number of nitrogens with one attached hydrogen (secondary N) is 2. The van der Waals surface area contributed by atoms with Crippen LogP contribution >= 0.6 is 0 Å². The quantitative estimate of drug-likeness (QED) is 0.864. The summed E-state index contributed by atoms with van der Waals surface area (Å²) in [5.74, 6) is 0.649. The molecule has 2 aromatic rings. The Morgan fingerprint density at radius 1 is 1.04 bits per heavy atom. The van der Waals surface area contributed by atoms with Gasteiger partial charge in [0.05, 0.1) is 11.3 Å². The number of fused-ring (bicyclic) bond motifs is 1. The summed E-state index contributed by atoms with van der Waals surface area (Å²) in [5, 5.41) is 5.72. The Labute approximate surface area is 152 Å². The molecule has 0 aliphatic carbocycles. The van der Waals surface area contributed by atoms with Gasteiger partial charge in [-0.05, 0) is 43.7 Å².